The minimum absolute atomic E-state index is 0.0660. The first kappa shape index (κ1) is 15.0. The van der Waals surface area contributed by atoms with Gasteiger partial charge in [0.05, 0.1) is 19.8 Å². The van der Waals surface area contributed by atoms with Crippen LogP contribution in [0.15, 0.2) is 30.5 Å². The number of benzene rings is 1. The summed E-state index contributed by atoms with van der Waals surface area (Å²) in [5, 5.41) is 14.2. The first-order valence-corrected chi connectivity index (χ1v) is 6.18. The van der Waals surface area contributed by atoms with Gasteiger partial charge in [-0.2, -0.15) is 0 Å². The molecule has 0 spiro atoms. The van der Waals surface area contributed by atoms with Crippen molar-refractivity contribution >= 4 is 12.1 Å². The number of nitrogens with one attached hydrogen (secondary N) is 2. The van der Waals surface area contributed by atoms with Gasteiger partial charge in [-0.3, -0.25) is 0 Å². The highest BCUT2D eigenvalue weighted by Gasteiger charge is 2.06. The third-order valence-corrected chi connectivity index (χ3v) is 2.63. The Morgan fingerprint density at radius 1 is 1.53 bits per heavy atom. The number of aliphatic hydroxyl groups is 1. The zero-order valence-electron chi connectivity index (χ0n) is 11.2. The first-order valence-electron chi connectivity index (χ1n) is 6.18. The Hall–Kier alpha value is -2.01. The highest BCUT2D eigenvalue weighted by molar-refractivity contribution is 5.76. The average molecular weight is 264 g/mol. The summed E-state index contributed by atoms with van der Waals surface area (Å²) in [5.41, 5.74) is 0.925. The largest absolute Gasteiger partial charge is 0.497 e. The van der Waals surface area contributed by atoms with Crippen molar-refractivity contribution in [3.8, 4) is 5.75 Å². The number of hydrogen-bond acceptors (Lipinski definition) is 3. The number of ether oxygens (including phenoxy) is 1. The lowest BCUT2D eigenvalue weighted by atomic mass is 10.2. The Bertz CT molecular complexity index is 428. The summed E-state index contributed by atoms with van der Waals surface area (Å²) >= 11 is 0. The van der Waals surface area contributed by atoms with Gasteiger partial charge in [0.15, 0.2) is 0 Å². The van der Waals surface area contributed by atoms with Crippen molar-refractivity contribution in [1.29, 1.82) is 0 Å². The number of amides is 2. The van der Waals surface area contributed by atoms with E-state index in [2.05, 4.69) is 10.6 Å². The molecule has 1 unspecified atom stereocenters. The quantitative estimate of drug-likeness (QED) is 0.733. The molecule has 0 saturated carbocycles. The van der Waals surface area contributed by atoms with Crippen LogP contribution in [0.4, 0.5) is 4.79 Å². The second-order valence-corrected chi connectivity index (χ2v) is 4.02. The number of methoxy groups -OCH3 is 1. The molecule has 5 heteroatoms. The average Bonchev–Trinajstić information content (AvgIpc) is 2.45. The van der Waals surface area contributed by atoms with Crippen LogP contribution in [0.25, 0.3) is 6.08 Å². The monoisotopic (exact) mass is 264 g/mol. The van der Waals surface area contributed by atoms with Crippen LogP contribution < -0.4 is 15.4 Å². The molecule has 1 aromatic rings. The van der Waals surface area contributed by atoms with E-state index in [1.807, 2.05) is 31.2 Å². The van der Waals surface area contributed by atoms with Crippen LogP contribution in [0, 0.1) is 0 Å². The Balaban J connectivity index is 2.46. The summed E-state index contributed by atoms with van der Waals surface area (Å²) in [5.74, 6) is 0.762. The molecule has 2 amide bonds. The molecule has 0 heterocycles. The topological polar surface area (TPSA) is 70.6 Å². The predicted molar refractivity (Wildman–Crippen MR) is 74.9 cm³/mol. The summed E-state index contributed by atoms with van der Waals surface area (Å²) in [7, 11) is 1.61. The van der Waals surface area contributed by atoms with Crippen molar-refractivity contribution in [3.63, 3.8) is 0 Å². The Morgan fingerprint density at radius 3 is 2.95 bits per heavy atom. The van der Waals surface area contributed by atoms with Gasteiger partial charge < -0.3 is 20.5 Å². The lowest BCUT2D eigenvalue weighted by Crippen LogP contribution is -2.41. The van der Waals surface area contributed by atoms with E-state index in [0.717, 1.165) is 11.3 Å². The molecule has 0 aliphatic heterocycles. The Labute approximate surface area is 113 Å². The Morgan fingerprint density at radius 2 is 2.32 bits per heavy atom. The van der Waals surface area contributed by atoms with Gasteiger partial charge in [-0.1, -0.05) is 19.1 Å². The number of aliphatic hydroxyl groups excluding tert-OH is 1. The van der Waals surface area contributed by atoms with Crippen molar-refractivity contribution in [1.82, 2.24) is 10.6 Å². The van der Waals surface area contributed by atoms with Crippen LogP contribution in [-0.2, 0) is 0 Å². The fourth-order valence-electron chi connectivity index (χ4n) is 1.46. The summed E-state index contributed by atoms with van der Waals surface area (Å²) in [6.45, 7) is 1.83. The second-order valence-electron chi connectivity index (χ2n) is 4.02. The molecule has 0 fully saturated rings. The fraction of sp³-hybridized carbons (Fsp3) is 0.357. The maximum Gasteiger partial charge on any atom is 0.319 e. The minimum atomic E-state index is -0.333. The highest BCUT2D eigenvalue weighted by atomic mass is 16.5. The molecule has 0 aliphatic carbocycles. The molecule has 0 aromatic heterocycles. The van der Waals surface area contributed by atoms with Crippen LogP contribution in [0.2, 0.25) is 0 Å². The molecule has 0 aliphatic rings. The zero-order valence-corrected chi connectivity index (χ0v) is 11.2. The summed E-state index contributed by atoms with van der Waals surface area (Å²) in [6.07, 6.45) is 4.00. The number of carbonyl (C=O) groups excluding carboxylic acids is 1. The van der Waals surface area contributed by atoms with E-state index in [1.54, 1.807) is 19.4 Å². The summed E-state index contributed by atoms with van der Waals surface area (Å²) in [4.78, 5) is 11.5. The van der Waals surface area contributed by atoms with Crippen molar-refractivity contribution in [2.75, 3.05) is 13.7 Å². The van der Waals surface area contributed by atoms with E-state index < -0.39 is 0 Å². The maximum atomic E-state index is 11.5. The lowest BCUT2D eigenvalue weighted by Gasteiger charge is -2.13. The Kier molecular flexibility index (Phi) is 6.46. The van der Waals surface area contributed by atoms with Crippen molar-refractivity contribution < 1.29 is 14.6 Å². The second kappa shape index (κ2) is 8.16. The zero-order chi connectivity index (χ0) is 14.1. The van der Waals surface area contributed by atoms with Gasteiger partial charge >= 0.3 is 6.03 Å². The van der Waals surface area contributed by atoms with E-state index in [0.29, 0.717) is 6.42 Å². The molecular weight excluding hydrogens is 244 g/mol. The van der Waals surface area contributed by atoms with Crippen LogP contribution >= 0.6 is 0 Å². The standard InChI is InChI=1S/C14H20N2O3/c1-3-12(10-17)16-14(18)15-8-7-11-5-4-6-13(9-11)19-2/h4-9,12,17H,3,10H2,1-2H3,(H2,15,16,18)/b8-7+. The van der Waals surface area contributed by atoms with Gasteiger partial charge in [-0.05, 0) is 30.2 Å². The van der Waals surface area contributed by atoms with E-state index in [1.165, 1.54) is 0 Å². The van der Waals surface area contributed by atoms with Crippen molar-refractivity contribution in [3.05, 3.63) is 36.0 Å². The molecular formula is C14H20N2O3. The molecule has 104 valence electrons. The maximum absolute atomic E-state index is 11.5. The fourth-order valence-corrected chi connectivity index (χ4v) is 1.46. The molecule has 0 bridgehead atoms. The third kappa shape index (κ3) is 5.44. The number of urea groups is 1. The van der Waals surface area contributed by atoms with E-state index in [9.17, 15) is 4.79 Å². The predicted octanol–water partition coefficient (Wildman–Crippen LogP) is 1.74. The van der Waals surface area contributed by atoms with Gasteiger partial charge in [-0.15, -0.1) is 0 Å². The van der Waals surface area contributed by atoms with E-state index in [4.69, 9.17) is 9.84 Å². The molecule has 0 radical (unpaired) electrons. The van der Waals surface area contributed by atoms with Gasteiger partial charge in [0.2, 0.25) is 0 Å². The number of rotatable bonds is 6. The number of hydrogen-bond donors (Lipinski definition) is 3. The molecule has 19 heavy (non-hydrogen) atoms. The van der Waals surface area contributed by atoms with E-state index in [-0.39, 0.29) is 18.7 Å². The SMILES string of the molecule is CCC(CO)NC(=O)N/C=C/c1cccc(OC)c1. The van der Waals surface area contributed by atoms with Gasteiger partial charge in [0, 0.05) is 6.20 Å². The van der Waals surface area contributed by atoms with Gasteiger partial charge in [0.25, 0.3) is 0 Å². The van der Waals surface area contributed by atoms with Gasteiger partial charge in [-0.25, -0.2) is 4.79 Å². The summed E-state index contributed by atoms with van der Waals surface area (Å²) in [6, 6.07) is 6.94. The smallest absolute Gasteiger partial charge is 0.319 e. The molecule has 5 nitrogen and oxygen atoms in total. The van der Waals surface area contributed by atoms with Gasteiger partial charge in [0.1, 0.15) is 5.75 Å². The summed E-state index contributed by atoms with van der Waals surface area (Å²) < 4.78 is 5.10. The molecule has 0 saturated heterocycles. The van der Waals surface area contributed by atoms with Crippen molar-refractivity contribution in [2.24, 2.45) is 0 Å². The molecule has 3 N–H and O–H groups in total. The number of carbonyl (C=O) groups is 1. The van der Waals surface area contributed by atoms with E-state index >= 15 is 0 Å². The highest BCUT2D eigenvalue weighted by Crippen LogP contribution is 2.13. The third-order valence-electron chi connectivity index (χ3n) is 2.63. The molecule has 1 aromatic carbocycles. The van der Waals surface area contributed by atoms with Crippen LogP contribution in [0.3, 0.4) is 0 Å². The van der Waals surface area contributed by atoms with Crippen LogP contribution in [0.1, 0.15) is 18.9 Å². The van der Waals surface area contributed by atoms with Crippen LogP contribution in [-0.4, -0.2) is 30.9 Å². The minimum Gasteiger partial charge on any atom is -0.497 e. The molecule has 1 atom stereocenters. The first-order chi connectivity index (χ1) is 9.19. The molecule has 1 rings (SSSR count). The lowest BCUT2D eigenvalue weighted by molar-refractivity contribution is 0.217. The van der Waals surface area contributed by atoms with Crippen molar-refractivity contribution in [2.45, 2.75) is 19.4 Å². The normalized spacial score (nSPS) is 12.2. The van der Waals surface area contributed by atoms with Crippen LogP contribution in [0.5, 0.6) is 5.75 Å².